The Balaban J connectivity index is 1.66. The summed E-state index contributed by atoms with van der Waals surface area (Å²) in [6.07, 6.45) is 0. The van der Waals surface area contributed by atoms with Crippen LogP contribution >= 0.6 is 34.2 Å². The first-order valence-electron chi connectivity index (χ1n) is 7.21. The second-order valence-electron chi connectivity index (χ2n) is 5.07. The molecule has 0 unspecified atom stereocenters. The maximum atomic E-state index is 12.2. The standard InChI is InChI=1S/C17H12ClIN4O2/c18-11-6-7-13(19)12(8-11)16(24)22-23-17(25)15-9-14(20-21-15)10-4-2-1-3-5-10/h1-9H,(H,20,21)(H,22,24)(H,23,25). The summed E-state index contributed by atoms with van der Waals surface area (Å²) in [4.78, 5) is 24.3. The number of hydrogen-bond donors (Lipinski definition) is 3. The highest BCUT2D eigenvalue weighted by atomic mass is 127. The fourth-order valence-corrected chi connectivity index (χ4v) is 2.87. The van der Waals surface area contributed by atoms with Crippen LogP contribution in [0.15, 0.2) is 54.6 Å². The lowest BCUT2D eigenvalue weighted by atomic mass is 10.1. The first-order chi connectivity index (χ1) is 12.0. The molecule has 0 fully saturated rings. The van der Waals surface area contributed by atoms with Crippen molar-refractivity contribution < 1.29 is 9.59 Å². The van der Waals surface area contributed by atoms with Gasteiger partial charge in [0.2, 0.25) is 0 Å². The van der Waals surface area contributed by atoms with Gasteiger partial charge in [-0.1, -0.05) is 41.9 Å². The lowest BCUT2D eigenvalue weighted by Gasteiger charge is -2.08. The molecule has 0 aliphatic rings. The normalized spacial score (nSPS) is 10.3. The minimum absolute atomic E-state index is 0.236. The number of amides is 2. The Labute approximate surface area is 162 Å². The van der Waals surface area contributed by atoms with Crippen LogP contribution in [0, 0.1) is 3.57 Å². The minimum Gasteiger partial charge on any atom is -0.272 e. The number of carbonyl (C=O) groups is 2. The highest BCUT2D eigenvalue weighted by Crippen LogP contribution is 2.18. The van der Waals surface area contributed by atoms with Crippen molar-refractivity contribution in [2.24, 2.45) is 0 Å². The Morgan fingerprint density at radius 2 is 1.72 bits per heavy atom. The lowest BCUT2D eigenvalue weighted by molar-refractivity contribution is 0.0843. The molecule has 25 heavy (non-hydrogen) atoms. The van der Waals surface area contributed by atoms with Crippen molar-refractivity contribution in [2.45, 2.75) is 0 Å². The van der Waals surface area contributed by atoms with E-state index in [1.54, 1.807) is 18.2 Å². The van der Waals surface area contributed by atoms with Crippen molar-refractivity contribution in [3.05, 3.63) is 74.4 Å². The monoisotopic (exact) mass is 466 g/mol. The first-order valence-corrected chi connectivity index (χ1v) is 8.67. The predicted octanol–water partition coefficient (Wildman–Crippen LogP) is 3.41. The molecule has 6 nitrogen and oxygen atoms in total. The molecule has 126 valence electrons. The van der Waals surface area contributed by atoms with Crippen molar-refractivity contribution in [1.29, 1.82) is 0 Å². The van der Waals surface area contributed by atoms with Gasteiger partial charge in [0.05, 0.1) is 11.3 Å². The number of nitrogens with one attached hydrogen (secondary N) is 3. The third-order valence-electron chi connectivity index (χ3n) is 3.35. The molecular weight excluding hydrogens is 455 g/mol. The van der Waals surface area contributed by atoms with E-state index in [-0.39, 0.29) is 5.69 Å². The Kier molecular flexibility index (Phi) is 5.34. The molecule has 2 amide bonds. The summed E-state index contributed by atoms with van der Waals surface area (Å²) in [5.74, 6) is -0.955. The molecule has 3 aromatic rings. The zero-order valence-corrected chi connectivity index (χ0v) is 15.6. The maximum Gasteiger partial charge on any atom is 0.287 e. The molecule has 1 aromatic heterocycles. The van der Waals surface area contributed by atoms with Gasteiger partial charge in [-0.25, -0.2) is 0 Å². The third-order valence-corrected chi connectivity index (χ3v) is 4.53. The molecule has 0 saturated heterocycles. The average molecular weight is 467 g/mol. The van der Waals surface area contributed by atoms with Crippen LogP contribution in [0.5, 0.6) is 0 Å². The topological polar surface area (TPSA) is 86.9 Å². The van der Waals surface area contributed by atoms with E-state index in [1.807, 2.05) is 52.9 Å². The number of H-pyrrole nitrogens is 1. The van der Waals surface area contributed by atoms with Crippen molar-refractivity contribution in [3.8, 4) is 11.3 Å². The van der Waals surface area contributed by atoms with E-state index >= 15 is 0 Å². The Morgan fingerprint density at radius 3 is 2.48 bits per heavy atom. The van der Waals surface area contributed by atoms with Gasteiger partial charge in [0, 0.05) is 14.2 Å². The summed E-state index contributed by atoms with van der Waals surface area (Å²) in [5, 5.41) is 7.20. The zero-order valence-electron chi connectivity index (χ0n) is 12.7. The van der Waals surface area contributed by atoms with Gasteiger partial charge in [-0.05, 0) is 46.9 Å². The van der Waals surface area contributed by atoms with Crippen LogP contribution in [0.4, 0.5) is 0 Å². The van der Waals surface area contributed by atoms with Crippen molar-refractivity contribution in [2.75, 3.05) is 0 Å². The van der Waals surface area contributed by atoms with Gasteiger partial charge in [-0.3, -0.25) is 25.5 Å². The molecule has 2 aromatic carbocycles. The number of aromatic amines is 1. The minimum atomic E-state index is -0.500. The molecule has 0 aliphatic heterocycles. The molecule has 1 heterocycles. The molecular formula is C17H12ClIN4O2. The largest absolute Gasteiger partial charge is 0.287 e. The average Bonchev–Trinajstić information content (AvgIpc) is 3.12. The van der Waals surface area contributed by atoms with Gasteiger partial charge < -0.3 is 0 Å². The zero-order chi connectivity index (χ0) is 17.8. The van der Waals surface area contributed by atoms with E-state index < -0.39 is 11.8 Å². The highest BCUT2D eigenvalue weighted by Gasteiger charge is 2.14. The Bertz CT molecular complexity index is 927. The van der Waals surface area contributed by atoms with E-state index in [0.717, 1.165) is 9.13 Å². The van der Waals surface area contributed by atoms with Gasteiger partial charge in [0.25, 0.3) is 11.8 Å². The SMILES string of the molecule is O=C(NNC(=O)c1cc(Cl)ccc1I)c1cc(-c2ccccc2)n[nH]1. The number of nitrogens with zero attached hydrogens (tertiary/aromatic N) is 1. The van der Waals surface area contributed by atoms with Gasteiger partial charge >= 0.3 is 0 Å². The number of carbonyl (C=O) groups excluding carboxylic acids is 2. The third kappa shape index (κ3) is 4.18. The van der Waals surface area contributed by atoms with E-state index in [9.17, 15) is 9.59 Å². The highest BCUT2D eigenvalue weighted by molar-refractivity contribution is 14.1. The van der Waals surface area contributed by atoms with Gasteiger partial charge in [-0.2, -0.15) is 5.10 Å². The number of hydrogen-bond acceptors (Lipinski definition) is 3. The number of halogens is 2. The molecule has 0 radical (unpaired) electrons. The predicted molar refractivity (Wildman–Crippen MR) is 103 cm³/mol. The van der Waals surface area contributed by atoms with E-state index in [4.69, 9.17) is 11.6 Å². The van der Waals surface area contributed by atoms with Gasteiger partial charge in [0.1, 0.15) is 5.69 Å². The molecule has 8 heteroatoms. The summed E-state index contributed by atoms with van der Waals surface area (Å²) in [5.41, 5.74) is 6.86. The molecule has 0 saturated carbocycles. The van der Waals surface area contributed by atoms with Crippen LogP contribution in [-0.4, -0.2) is 22.0 Å². The molecule has 0 atom stereocenters. The van der Waals surface area contributed by atoms with Crippen LogP contribution in [0.25, 0.3) is 11.3 Å². The summed E-state index contributed by atoms with van der Waals surface area (Å²) in [6.45, 7) is 0. The van der Waals surface area contributed by atoms with Gasteiger partial charge in [0.15, 0.2) is 0 Å². The second kappa shape index (κ2) is 7.66. The van der Waals surface area contributed by atoms with Crippen molar-refractivity contribution in [3.63, 3.8) is 0 Å². The van der Waals surface area contributed by atoms with Crippen LogP contribution in [0.2, 0.25) is 5.02 Å². The Morgan fingerprint density at radius 1 is 1.00 bits per heavy atom. The van der Waals surface area contributed by atoms with Crippen molar-refractivity contribution in [1.82, 2.24) is 21.0 Å². The number of aromatic nitrogens is 2. The summed E-state index contributed by atoms with van der Waals surface area (Å²) < 4.78 is 0.724. The van der Waals surface area contributed by atoms with E-state index in [2.05, 4.69) is 21.0 Å². The molecule has 3 N–H and O–H groups in total. The van der Waals surface area contributed by atoms with Gasteiger partial charge in [-0.15, -0.1) is 0 Å². The lowest BCUT2D eigenvalue weighted by Crippen LogP contribution is -2.42. The smallest absolute Gasteiger partial charge is 0.272 e. The molecule has 3 rings (SSSR count). The van der Waals surface area contributed by atoms with Crippen LogP contribution in [-0.2, 0) is 0 Å². The summed E-state index contributed by atoms with van der Waals surface area (Å²) in [6, 6.07) is 16.0. The quantitative estimate of drug-likeness (QED) is 0.408. The van der Waals surface area contributed by atoms with Crippen molar-refractivity contribution >= 4 is 46.0 Å². The van der Waals surface area contributed by atoms with Crippen LogP contribution < -0.4 is 10.9 Å². The summed E-state index contributed by atoms with van der Waals surface area (Å²) >= 11 is 7.92. The second-order valence-corrected chi connectivity index (χ2v) is 6.66. The number of benzene rings is 2. The van der Waals surface area contributed by atoms with E-state index in [0.29, 0.717) is 16.3 Å². The molecule has 0 bridgehead atoms. The van der Waals surface area contributed by atoms with Crippen LogP contribution in [0.3, 0.4) is 0 Å². The Hall–Kier alpha value is -2.39. The fraction of sp³-hybridized carbons (Fsp3) is 0. The first kappa shape index (κ1) is 17.4. The van der Waals surface area contributed by atoms with E-state index in [1.165, 1.54) is 6.07 Å². The number of rotatable bonds is 3. The fourth-order valence-electron chi connectivity index (χ4n) is 2.11. The summed E-state index contributed by atoms with van der Waals surface area (Å²) in [7, 11) is 0. The maximum absolute atomic E-state index is 12.2. The van der Waals surface area contributed by atoms with Crippen LogP contribution in [0.1, 0.15) is 20.8 Å². The molecule has 0 spiro atoms. The number of hydrazine groups is 1. The molecule has 0 aliphatic carbocycles.